The molecule has 0 aliphatic carbocycles. The number of nitrogens with one attached hydrogen (secondary N) is 1. The van der Waals surface area contributed by atoms with Gasteiger partial charge in [-0.3, -0.25) is 14.7 Å². The lowest BCUT2D eigenvalue weighted by Crippen LogP contribution is -2.45. The van der Waals surface area contributed by atoms with Crippen LogP contribution in [0.5, 0.6) is 0 Å². The van der Waals surface area contributed by atoms with Crippen LogP contribution in [-0.4, -0.2) is 72.8 Å². The zero-order valence-electron chi connectivity index (χ0n) is 20.7. The topological polar surface area (TPSA) is 77.5 Å². The minimum absolute atomic E-state index is 0.164. The molecule has 2 aromatic rings. The Balaban J connectivity index is 1.42. The first-order valence-corrected chi connectivity index (χ1v) is 12.5. The summed E-state index contributed by atoms with van der Waals surface area (Å²) in [6, 6.07) is 17.1. The number of nitrogens with zero attached hydrogens (tertiary/aromatic N) is 4. The number of carbonyl (C=O) groups is 2. The minimum atomic E-state index is -0.605. The van der Waals surface area contributed by atoms with Gasteiger partial charge in [0.1, 0.15) is 11.8 Å². The summed E-state index contributed by atoms with van der Waals surface area (Å²) in [6.45, 7) is 10.9. The number of para-hydroxylation sites is 1. The predicted octanol–water partition coefficient (Wildman–Crippen LogP) is 2.64. The normalized spacial score (nSPS) is 18.9. The molecule has 1 saturated heterocycles. The number of hydrogen-bond acceptors (Lipinski definition) is 7. The van der Waals surface area contributed by atoms with Crippen LogP contribution < -0.4 is 10.3 Å². The number of benzene rings is 2. The fourth-order valence-electron chi connectivity index (χ4n) is 4.56. The van der Waals surface area contributed by atoms with Crippen LogP contribution in [0, 0.1) is 0 Å². The Kier molecular flexibility index (Phi) is 8.50. The first kappa shape index (κ1) is 24.9. The molecule has 1 fully saturated rings. The highest BCUT2D eigenvalue weighted by Gasteiger charge is 2.36. The SMILES string of the molecule is CCOC(=O)C1=NN(c2ccccc2)C(C(=O)NCc2ccccc2CN2CCN(CC)CC2)C1. The number of ether oxygens (including phenoxy) is 1. The van der Waals surface area contributed by atoms with Crippen molar-refractivity contribution in [1.82, 2.24) is 15.1 Å². The third-order valence-electron chi connectivity index (χ3n) is 6.62. The number of hydrogen-bond donors (Lipinski definition) is 1. The lowest BCUT2D eigenvalue weighted by Gasteiger charge is -2.34. The average Bonchev–Trinajstić information content (AvgIpc) is 3.35. The van der Waals surface area contributed by atoms with Gasteiger partial charge in [-0.25, -0.2) is 4.79 Å². The quantitative estimate of drug-likeness (QED) is 0.560. The molecule has 0 bridgehead atoms. The van der Waals surface area contributed by atoms with Crippen LogP contribution in [0.1, 0.15) is 31.4 Å². The van der Waals surface area contributed by atoms with E-state index in [1.54, 1.807) is 11.9 Å². The van der Waals surface area contributed by atoms with Crippen molar-refractivity contribution in [2.24, 2.45) is 5.10 Å². The standard InChI is InChI=1S/C27H35N5O3/c1-3-30-14-16-31(17-15-30)20-22-11-9-8-10-21(22)19-28-26(33)25-18-24(27(34)35-4-2)29-32(25)23-12-6-5-7-13-23/h5-13,25H,3-4,14-20H2,1-2H3,(H,28,33). The molecule has 186 valence electrons. The summed E-state index contributed by atoms with van der Waals surface area (Å²) in [7, 11) is 0. The van der Waals surface area contributed by atoms with Gasteiger partial charge in [0.15, 0.2) is 0 Å². The summed E-state index contributed by atoms with van der Waals surface area (Å²) in [5, 5.41) is 9.17. The van der Waals surface area contributed by atoms with Crippen LogP contribution in [0.25, 0.3) is 0 Å². The number of anilines is 1. The number of hydrazone groups is 1. The molecule has 4 rings (SSSR count). The van der Waals surface area contributed by atoms with E-state index < -0.39 is 12.0 Å². The van der Waals surface area contributed by atoms with E-state index in [0.717, 1.165) is 50.5 Å². The molecule has 2 aliphatic rings. The van der Waals surface area contributed by atoms with Gasteiger partial charge in [0.05, 0.1) is 12.3 Å². The number of amides is 1. The molecular weight excluding hydrogens is 442 g/mol. The van der Waals surface area contributed by atoms with Crippen molar-refractivity contribution >= 4 is 23.3 Å². The molecule has 2 heterocycles. The van der Waals surface area contributed by atoms with Crippen molar-refractivity contribution in [1.29, 1.82) is 0 Å². The van der Waals surface area contributed by atoms with Gasteiger partial charge in [0.25, 0.3) is 0 Å². The van der Waals surface area contributed by atoms with Crippen LogP contribution in [0.3, 0.4) is 0 Å². The lowest BCUT2D eigenvalue weighted by molar-refractivity contribution is -0.135. The molecule has 0 spiro atoms. The predicted molar refractivity (Wildman–Crippen MR) is 137 cm³/mol. The molecule has 1 atom stereocenters. The summed E-state index contributed by atoms with van der Waals surface area (Å²) in [5.74, 6) is -0.638. The fourth-order valence-corrected chi connectivity index (χ4v) is 4.56. The average molecular weight is 478 g/mol. The van der Waals surface area contributed by atoms with E-state index in [1.165, 1.54) is 5.56 Å². The molecule has 1 unspecified atom stereocenters. The fraction of sp³-hybridized carbons (Fsp3) is 0.444. The van der Waals surface area contributed by atoms with Gasteiger partial charge < -0.3 is 15.0 Å². The van der Waals surface area contributed by atoms with Crippen LogP contribution in [-0.2, 0) is 27.4 Å². The molecule has 1 amide bonds. The summed E-state index contributed by atoms with van der Waals surface area (Å²) in [5.41, 5.74) is 3.36. The Morgan fingerprint density at radius 1 is 0.943 bits per heavy atom. The van der Waals surface area contributed by atoms with E-state index in [2.05, 4.69) is 45.3 Å². The van der Waals surface area contributed by atoms with Gasteiger partial charge >= 0.3 is 5.97 Å². The van der Waals surface area contributed by atoms with Crippen LogP contribution >= 0.6 is 0 Å². The van der Waals surface area contributed by atoms with E-state index in [1.807, 2.05) is 36.4 Å². The Bertz CT molecular complexity index is 1030. The van der Waals surface area contributed by atoms with Crippen molar-refractivity contribution in [3.63, 3.8) is 0 Å². The third-order valence-corrected chi connectivity index (χ3v) is 6.62. The zero-order valence-corrected chi connectivity index (χ0v) is 20.7. The first-order chi connectivity index (χ1) is 17.1. The van der Waals surface area contributed by atoms with Gasteiger partial charge in [-0.2, -0.15) is 5.10 Å². The number of rotatable bonds is 9. The summed E-state index contributed by atoms with van der Waals surface area (Å²) < 4.78 is 5.13. The maximum atomic E-state index is 13.3. The van der Waals surface area contributed by atoms with E-state index in [0.29, 0.717) is 6.54 Å². The van der Waals surface area contributed by atoms with Crippen LogP contribution in [0.15, 0.2) is 59.7 Å². The van der Waals surface area contributed by atoms with Crippen molar-refractivity contribution in [3.05, 3.63) is 65.7 Å². The van der Waals surface area contributed by atoms with Gasteiger partial charge in [0, 0.05) is 45.7 Å². The van der Waals surface area contributed by atoms with E-state index in [9.17, 15) is 9.59 Å². The Labute approximate surface area is 207 Å². The number of piperazine rings is 1. The summed E-state index contributed by atoms with van der Waals surface area (Å²) >= 11 is 0. The molecule has 8 heteroatoms. The molecule has 2 aliphatic heterocycles. The second kappa shape index (κ2) is 12.0. The number of likely N-dealkylation sites (N-methyl/N-ethyl adjacent to an activating group) is 1. The highest BCUT2D eigenvalue weighted by molar-refractivity contribution is 6.38. The Hall–Kier alpha value is -3.23. The van der Waals surface area contributed by atoms with Gasteiger partial charge in [-0.15, -0.1) is 0 Å². The maximum Gasteiger partial charge on any atom is 0.354 e. The van der Waals surface area contributed by atoms with Gasteiger partial charge in [0.2, 0.25) is 5.91 Å². The molecular formula is C27H35N5O3. The molecule has 35 heavy (non-hydrogen) atoms. The van der Waals surface area contributed by atoms with Crippen molar-refractivity contribution in [3.8, 4) is 0 Å². The largest absolute Gasteiger partial charge is 0.461 e. The minimum Gasteiger partial charge on any atom is -0.461 e. The maximum absolute atomic E-state index is 13.3. The molecule has 8 nitrogen and oxygen atoms in total. The Morgan fingerprint density at radius 2 is 1.60 bits per heavy atom. The summed E-state index contributed by atoms with van der Waals surface area (Å²) in [6.07, 6.45) is 0.211. The van der Waals surface area contributed by atoms with Crippen LogP contribution in [0.2, 0.25) is 0 Å². The zero-order chi connectivity index (χ0) is 24.6. The van der Waals surface area contributed by atoms with Crippen LogP contribution in [0.4, 0.5) is 5.69 Å². The second-order valence-electron chi connectivity index (χ2n) is 8.86. The molecule has 2 aromatic carbocycles. The Morgan fingerprint density at radius 3 is 2.29 bits per heavy atom. The van der Waals surface area contributed by atoms with E-state index in [4.69, 9.17) is 4.74 Å². The smallest absolute Gasteiger partial charge is 0.354 e. The molecule has 0 saturated carbocycles. The first-order valence-electron chi connectivity index (χ1n) is 12.5. The highest BCUT2D eigenvalue weighted by atomic mass is 16.5. The third kappa shape index (κ3) is 6.26. The monoisotopic (exact) mass is 477 g/mol. The van der Waals surface area contributed by atoms with Crippen molar-refractivity contribution < 1.29 is 14.3 Å². The van der Waals surface area contributed by atoms with Gasteiger partial charge in [-0.05, 0) is 36.7 Å². The van der Waals surface area contributed by atoms with Crippen molar-refractivity contribution in [2.75, 3.05) is 44.3 Å². The van der Waals surface area contributed by atoms with E-state index >= 15 is 0 Å². The van der Waals surface area contributed by atoms with Gasteiger partial charge in [-0.1, -0.05) is 49.4 Å². The summed E-state index contributed by atoms with van der Waals surface area (Å²) in [4.78, 5) is 30.6. The second-order valence-corrected chi connectivity index (χ2v) is 8.86. The molecule has 0 radical (unpaired) electrons. The number of esters is 1. The molecule has 0 aromatic heterocycles. The number of carbonyl (C=O) groups excluding carboxylic acids is 2. The van der Waals surface area contributed by atoms with Crippen molar-refractivity contribution in [2.45, 2.75) is 39.4 Å². The lowest BCUT2D eigenvalue weighted by atomic mass is 10.1. The van der Waals surface area contributed by atoms with E-state index in [-0.39, 0.29) is 24.6 Å². The highest BCUT2D eigenvalue weighted by Crippen LogP contribution is 2.25. The molecule has 1 N–H and O–H groups in total.